The molecule has 0 radical (unpaired) electrons. The average molecular weight is 296 g/mol. The van der Waals surface area contributed by atoms with Crippen LogP contribution in [0.15, 0.2) is 36.4 Å². The van der Waals surface area contributed by atoms with Crippen LogP contribution < -0.4 is 15.2 Å². The van der Waals surface area contributed by atoms with Crippen LogP contribution in [0.2, 0.25) is 10.0 Å². The van der Waals surface area contributed by atoms with Crippen molar-refractivity contribution in [2.45, 2.75) is 6.29 Å². The molecular formula is C14H11Cl2NO2. The molecule has 0 saturated heterocycles. The van der Waals surface area contributed by atoms with Gasteiger partial charge < -0.3 is 15.2 Å². The summed E-state index contributed by atoms with van der Waals surface area (Å²) < 4.78 is 11.3. The molecule has 1 aliphatic heterocycles. The number of halogens is 2. The summed E-state index contributed by atoms with van der Waals surface area (Å²) in [6.07, 6.45) is -0.461. The van der Waals surface area contributed by atoms with Gasteiger partial charge in [-0.05, 0) is 18.2 Å². The molecule has 0 amide bonds. The van der Waals surface area contributed by atoms with Crippen LogP contribution in [0.5, 0.6) is 11.5 Å². The zero-order valence-corrected chi connectivity index (χ0v) is 11.4. The van der Waals surface area contributed by atoms with E-state index in [9.17, 15) is 0 Å². The molecule has 1 heterocycles. The van der Waals surface area contributed by atoms with Gasteiger partial charge in [-0.25, -0.2) is 0 Å². The third-order valence-electron chi connectivity index (χ3n) is 2.91. The smallest absolute Gasteiger partial charge is 0.253 e. The van der Waals surface area contributed by atoms with Crippen LogP contribution in [0.25, 0.3) is 11.1 Å². The molecule has 1 unspecified atom stereocenters. The number of para-hydroxylation sites is 1. The third-order valence-corrected chi connectivity index (χ3v) is 3.54. The van der Waals surface area contributed by atoms with E-state index in [1.807, 2.05) is 18.2 Å². The summed E-state index contributed by atoms with van der Waals surface area (Å²) >= 11 is 12.5. The first-order chi connectivity index (χ1) is 9.20. The maximum atomic E-state index is 6.23. The molecule has 0 fully saturated rings. The van der Waals surface area contributed by atoms with Crippen LogP contribution in [0.1, 0.15) is 0 Å². The maximum absolute atomic E-state index is 6.23. The Balaban J connectivity index is 2.16. The van der Waals surface area contributed by atoms with Gasteiger partial charge in [-0.2, -0.15) is 0 Å². The topological polar surface area (TPSA) is 44.5 Å². The second-order valence-electron chi connectivity index (χ2n) is 4.13. The second kappa shape index (κ2) is 4.93. The SMILES string of the molecule is NCC1Oc2cccc(-c3c(Cl)cccc3Cl)c2O1. The number of rotatable bonds is 2. The van der Waals surface area contributed by atoms with Crippen LogP contribution in [0.4, 0.5) is 0 Å². The summed E-state index contributed by atoms with van der Waals surface area (Å²) in [7, 11) is 0. The molecule has 5 heteroatoms. The summed E-state index contributed by atoms with van der Waals surface area (Å²) in [5.41, 5.74) is 7.11. The van der Waals surface area contributed by atoms with Crippen molar-refractivity contribution in [1.29, 1.82) is 0 Å². The number of fused-ring (bicyclic) bond motifs is 1. The molecule has 19 heavy (non-hydrogen) atoms. The molecule has 1 aliphatic rings. The first-order valence-electron chi connectivity index (χ1n) is 5.81. The van der Waals surface area contributed by atoms with Gasteiger partial charge in [-0.15, -0.1) is 0 Å². The normalized spacial score (nSPS) is 16.7. The summed E-state index contributed by atoms with van der Waals surface area (Å²) in [4.78, 5) is 0. The van der Waals surface area contributed by atoms with Crippen molar-refractivity contribution < 1.29 is 9.47 Å². The molecule has 3 rings (SSSR count). The zero-order valence-electron chi connectivity index (χ0n) is 9.90. The number of hydrogen-bond donors (Lipinski definition) is 1. The van der Waals surface area contributed by atoms with E-state index in [4.69, 9.17) is 38.4 Å². The minimum absolute atomic E-state index is 0.282. The number of hydrogen-bond acceptors (Lipinski definition) is 3. The lowest BCUT2D eigenvalue weighted by Crippen LogP contribution is -2.27. The highest BCUT2D eigenvalue weighted by Crippen LogP contribution is 2.46. The lowest BCUT2D eigenvalue weighted by Gasteiger charge is -2.10. The molecule has 0 saturated carbocycles. The molecular weight excluding hydrogens is 285 g/mol. The first kappa shape index (κ1) is 12.6. The van der Waals surface area contributed by atoms with Gasteiger partial charge in [0.15, 0.2) is 11.5 Å². The molecule has 1 atom stereocenters. The predicted molar refractivity (Wildman–Crippen MR) is 76.0 cm³/mol. The van der Waals surface area contributed by atoms with Gasteiger partial charge in [-0.1, -0.05) is 41.4 Å². The molecule has 98 valence electrons. The largest absolute Gasteiger partial charge is 0.450 e. The summed E-state index contributed by atoms with van der Waals surface area (Å²) in [5.74, 6) is 1.29. The third kappa shape index (κ3) is 2.14. The van der Waals surface area contributed by atoms with Crippen molar-refractivity contribution in [1.82, 2.24) is 0 Å². The van der Waals surface area contributed by atoms with Crippen molar-refractivity contribution in [2.75, 3.05) is 6.54 Å². The number of benzene rings is 2. The van der Waals surface area contributed by atoms with E-state index in [0.717, 1.165) is 11.1 Å². The highest BCUT2D eigenvalue weighted by molar-refractivity contribution is 6.39. The highest BCUT2D eigenvalue weighted by atomic mass is 35.5. The Morgan fingerprint density at radius 2 is 1.68 bits per heavy atom. The molecule has 0 aromatic heterocycles. The van der Waals surface area contributed by atoms with Crippen LogP contribution in [-0.2, 0) is 0 Å². The van der Waals surface area contributed by atoms with Crippen molar-refractivity contribution in [3.05, 3.63) is 46.4 Å². The van der Waals surface area contributed by atoms with Crippen molar-refractivity contribution in [3.8, 4) is 22.6 Å². The van der Waals surface area contributed by atoms with Gasteiger partial charge >= 0.3 is 0 Å². The van der Waals surface area contributed by atoms with Gasteiger partial charge in [0.1, 0.15) is 0 Å². The van der Waals surface area contributed by atoms with E-state index in [0.29, 0.717) is 21.5 Å². The Morgan fingerprint density at radius 3 is 2.37 bits per heavy atom. The van der Waals surface area contributed by atoms with Crippen LogP contribution in [0.3, 0.4) is 0 Å². The highest BCUT2D eigenvalue weighted by Gasteiger charge is 2.27. The second-order valence-corrected chi connectivity index (χ2v) is 4.94. The Kier molecular flexibility index (Phi) is 3.27. The van der Waals surface area contributed by atoms with E-state index in [1.165, 1.54) is 0 Å². The minimum Gasteiger partial charge on any atom is -0.450 e. The summed E-state index contributed by atoms with van der Waals surface area (Å²) in [6.45, 7) is 0.282. The van der Waals surface area contributed by atoms with Crippen molar-refractivity contribution in [3.63, 3.8) is 0 Å². The fourth-order valence-electron chi connectivity index (χ4n) is 2.08. The molecule has 3 nitrogen and oxygen atoms in total. The van der Waals surface area contributed by atoms with Crippen LogP contribution in [0, 0.1) is 0 Å². The maximum Gasteiger partial charge on any atom is 0.253 e. The molecule has 0 spiro atoms. The fraction of sp³-hybridized carbons (Fsp3) is 0.143. The van der Waals surface area contributed by atoms with Gasteiger partial charge in [-0.3, -0.25) is 0 Å². The zero-order chi connectivity index (χ0) is 13.4. The first-order valence-corrected chi connectivity index (χ1v) is 6.57. The molecule has 0 bridgehead atoms. The van der Waals surface area contributed by atoms with E-state index in [2.05, 4.69) is 0 Å². The number of nitrogens with two attached hydrogens (primary N) is 1. The molecule has 2 aromatic rings. The lowest BCUT2D eigenvalue weighted by atomic mass is 10.0. The Bertz CT molecular complexity index is 611. The van der Waals surface area contributed by atoms with Crippen LogP contribution >= 0.6 is 23.2 Å². The minimum atomic E-state index is -0.461. The summed E-state index contributed by atoms with van der Waals surface area (Å²) in [5, 5.41) is 1.14. The van der Waals surface area contributed by atoms with Gasteiger partial charge in [0, 0.05) is 11.1 Å². The van der Waals surface area contributed by atoms with Gasteiger partial charge in [0.25, 0.3) is 6.29 Å². The standard InChI is InChI=1S/C14H11Cl2NO2/c15-9-4-2-5-10(16)13(9)8-3-1-6-11-14(8)19-12(7-17)18-11/h1-6,12H,7,17H2. The number of ether oxygens (including phenoxy) is 2. The molecule has 2 N–H and O–H groups in total. The van der Waals surface area contributed by atoms with E-state index >= 15 is 0 Å². The van der Waals surface area contributed by atoms with Gasteiger partial charge in [0.2, 0.25) is 0 Å². The fourth-order valence-corrected chi connectivity index (χ4v) is 2.68. The van der Waals surface area contributed by atoms with E-state index in [-0.39, 0.29) is 6.54 Å². The molecule has 0 aliphatic carbocycles. The monoisotopic (exact) mass is 295 g/mol. The molecule has 2 aromatic carbocycles. The van der Waals surface area contributed by atoms with Crippen LogP contribution in [-0.4, -0.2) is 12.8 Å². The average Bonchev–Trinajstić information content (AvgIpc) is 2.82. The Morgan fingerprint density at radius 1 is 1.00 bits per heavy atom. The van der Waals surface area contributed by atoms with Crippen molar-refractivity contribution >= 4 is 23.2 Å². The van der Waals surface area contributed by atoms with E-state index in [1.54, 1.807) is 18.2 Å². The lowest BCUT2D eigenvalue weighted by molar-refractivity contribution is 0.0583. The van der Waals surface area contributed by atoms with Gasteiger partial charge in [0.05, 0.1) is 16.6 Å². The quantitative estimate of drug-likeness (QED) is 0.918. The Labute approximate surface area is 120 Å². The summed E-state index contributed by atoms with van der Waals surface area (Å²) in [6, 6.07) is 11.0. The predicted octanol–water partition coefficient (Wildman–Crippen LogP) is 3.72. The van der Waals surface area contributed by atoms with E-state index < -0.39 is 6.29 Å². The Hall–Kier alpha value is -1.42. The van der Waals surface area contributed by atoms with Crippen molar-refractivity contribution in [2.24, 2.45) is 5.73 Å².